The van der Waals surface area contributed by atoms with Gasteiger partial charge in [0.1, 0.15) is 18.0 Å². The fourth-order valence-corrected chi connectivity index (χ4v) is 3.27. The molecule has 37 heavy (non-hydrogen) atoms. The van der Waals surface area contributed by atoms with Gasteiger partial charge in [-0.15, -0.1) is 0 Å². The molecule has 0 aliphatic carbocycles. The average Bonchev–Trinajstić information content (AvgIpc) is 2.78. The third-order valence-electron chi connectivity index (χ3n) is 5.01. The van der Waals surface area contributed by atoms with E-state index < -0.39 is 60.3 Å². The topological polar surface area (TPSA) is 112 Å². The average molecular weight is 558 g/mol. The van der Waals surface area contributed by atoms with Crippen LogP contribution >= 0.6 is 11.6 Å². The highest BCUT2D eigenvalue weighted by molar-refractivity contribution is 6.31. The van der Waals surface area contributed by atoms with Gasteiger partial charge in [0.05, 0.1) is 12.2 Å². The van der Waals surface area contributed by atoms with Crippen LogP contribution in [-0.4, -0.2) is 48.5 Å². The molecule has 3 atom stereocenters. The fourth-order valence-electron chi connectivity index (χ4n) is 3.04. The Labute approximate surface area is 211 Å². The molecule has 1 amide bonds. The van der Waals surface area contributed by atoms with Gasteiger partial charge in [0.25, 0.3) is 5.91 Å². The first-order valence-electron chi connectivity index (χ1n) is 10.6. The lowest BCUT2D eigenvalue weighted by atomic mass is 9.99. The number of anilines is 1. The first kappa shape index (κ1) is 30.3. The number of aliphatic imine (C=N–C) groups is 1. The maximum Gasteiger partial charge on any atom is 0.416 e. The van der Waals surface area contributed by atoms with E-state index in [9.17, 15) is 35.5 Å². The lowest BCUT2D eigenvalue weighted by Crippen LogP contribution is -2.51. The third kappa shape index (κ3) is 9.14. The molecule has 0 heterocycles. The second kappa shape index (κ2) is 12.5. The largest absolute Gasteiger partial charge is 0.416 e. The number of halogens is 8. The molecule has 2 aromatic rings. The number of amides is 1. The van der Waals surface area contributed by atoms with Gasteiger partial charge in [0.2, 0.25) is 5.96 Å². The number of aliphatic hydroxyl groups excluding tert-OH is 1. The molecule has 0 aromatic heterocycles. The fraction of sp³-hybridized carbons (Fsp3) is 0.364. The maximum atomic E-state index is 13.8. The molecule has 15 heteroatoms. The van der Waals surface area contributed by atoms with Gasteiger partial charge in [-0.3, -0.25) is 15.4 Å². The number of nitrogens with one attached hydrogen (secondary N) is 3. The minimum Gasteiger partial charge on any atom is -0.395 e. The van der Waals surface area contributed by atoms with Gasteiger partial charge >= 0.3 is 12.4 Å². The van der Waals surface area contributed by atoms with E-state index in [1.807, 2.05) is 0 Å². The number of nitrogens with zero attached hydrogens (tertiary/aromatic N) is 1. The van der Waals surface area contributed by atoms with Crippen LogP contribution in [0.1, 0.15) is 22.8 Å². The molecule has 0 fully saturated rings. The van der Waals surface area contributed by atoms with Crippen molar-refractivity contribution in [1.82, 2.24) is 10.6 Å². The molecule has 7 nitrogen and oxygen atoms in total. The Morgan fingerprint density at radius 3 is 2.24 bits per heavy atom. The van der Waals surface area contributed by atoms with Crippen molar-refractivity contribution >= 4 is 29.2 Å². The van der Waals surface area contributed by atoms with Gasteiger partial charge in [-0.25, -0.2) is 9.38 Å². The number of rotatable bonds is 8. The number of carbonyl (C=O) groups excluding carboxylic acids is 1. The Bertz CT molecular complexity index is 1070. The number of guanidine groups is 1. The summed E-state index contributed by atoms with van der Waals surface area (Å²) in [6.45, 7) is 0.459. The third-order valence-corrected chi connectivity index (χ3v) is 5.23. The van der Waals surface area contributed by atoms with E-state index in [0.29, 0.717) is 12.1 Å². The van der Waals surface area contributed by atoms with Crippen LogP contribution in [0.25, 0.3) is 0 Å². The second-order valence-corrected chi connectivity index (χ2v) is 8.28. The number of carbonyl (C=O) groups is 1. The van der Waals surface area contributed by atoms with Crippen LogP contribution in [0, 0.1) is 11.7 Å². The summed E-state index contributed by atoms with van der Waals surface area (Å²) >= 11 is 5.82. The molecule has 0 aliphatic rings. The van der Waals surface area contributed by atoms with Gasteiger partial charge in [0.15, 0.2) is 0 Å². The Hall–Kier alpha value is -2.94. The molecule has 3 unspecified atom stereocenters. The lowest BCUT2D eigenvalue weighted by molar-refractivity contribution is -0.159. The minimum absolute atomic E-state index is 0.0508. The number of hydrogen-bond acceptors (Lipinski definition) is 5. The quantitative estimate of drug-likeness (QED) is 0.190. The predicted octanol–water partition coefficient (Wildman–Crippen LogP) is 4.13. The van der Waals surface area contributed by atoms with E-state index in [1.54, 1.807) is 0 Å². The molecule has 6 N–H and O–H groups in total. The number of alkyl halides is 6. The summed E-state index contributed by atoms with van der Waals surface area (Å²) < 4.78 is 92.0. The molecule has 0 spiro atoms. The van der Waals surface area contributed by atoms with E-state index in [-0.39, 0.29) is 22.8 Å². The predicted molar refractivity (Wildman–Crippen MR) is 123 cm³/mol. The van der Waals surface area contributed by atoms with E-state index >= 15 is 0 Å². The van der Waals surface area contributed by atoms with E-state index in [0.717, 1.165) is 31.2 Å². The van der Waals surface area contributed by atoms with Crippen LogP contribution < -0.4 is 21.7 Å². The number of aliphatic hydroxyl groups is 1. The Morgan fingerprint density at radius 1 is 1.11 bits per heavy atom. The van der Waals surface area contributed by atoms with Crippen molar-refractivity contribution in [3.8, 4) is 0 Å². The first-order valence-corrected chi connectivity index (χ1v) is 11.0. The zero-order valence-electron chi connectivity index (χ0n) is 19.1. The smallest absolute Gasteiger partial charge is 0.395 e. The van der Waals surface area contributed by atoms with Crippen LogP contribution in [0.2, 0.25) is 5.02 Å². The second-order valence-electron chi connectivity index (χ2n) is 7.84. The van der Waals surface area contributed by atoms with Crippen molar-refractivity contribution < 1.29 is 40.6 Å². The Morgan fingerprint density at radius 2 is 1.73 bits per heavy atom. The summed E-state index contributed by atoms with van der Waals surface area (Å²) in [6.07, 6.45) is -10.9. The van der Waals surface area contributed by atoms with Gasteiger partial charge < -0.3 is 16.2 Å². The Kier molecular flexibility index (Phi) is 10.3. The van der Waals surface area contributed by atoms with Crippen molar-refractivity contribution in [1.29, 1.82) is 0 Å². The molecule has 0 saturated heterocycles. The van der Waals surface area contributed by atoms with E-state index in [1.165, 1.54) is 6.07 Å². The standard InChI is InChI=1S/C22H23ClF7N5O2/c1-11(17(31)22(28,29)30)18(32-6-7-36)34-20(33-16-9-14(23)8-15(24)10-16)35-19(37)12-2-4-13(5-3-12)21(25,26)27/h2-5,8-11,17-18,32,36H,6-7,31H2,1H3,(H2,33,34,35,37). The highest BCUT2D eigenvalue weighted by Crippen LogP contribution is 2.29. The summed E-state index contributed by atoms with van der Waals surface area (Å²) in [4.78, 5) is 16.8. The minimum atomic E-state index is -4.80. The maximum absolute atomic E-state index is 13.8. The molecule has 2 rings (SSSR count). The van der Waals surface area contributed by atoms with Crippen LogP contribution in [0.3, 0.4) is 0 Å². The SMILES string of the molecule is CC(C(N=C(NC(=O)c1ccc(C(F)(F)F)cc1)Nc1cc(F)cc(Cl)c1)NCCO)C(N)C(F)(F)F. The molecule has 2 aromatic carbocycles. The summed E-state index contributed by atoms with van der Waals surface area (Å²) in [5, 5.41) is 16.4. The molecule has 0 bridgehead atoms. The van der Waals surface area contributed by atoms with E-state index in [4.69, 9.17) is 22.4 Å². The first-order chi connectivity index (χ1) is 17.1. The monoisotopic (exact) mass is 557 g/mol. The van der Waals surface area contributed by atoms with Gasteiger partial charge in [0, 0.05) is 28.7 Å². The molecular weight excluding hydrogens is 535 g/mol. The normalized spacial score (nSPS) is 15.2. The number of hydrogen-bond donors (Lipinski definition) is 5. The molecule has 0 radical (unpaired) electrons. The zero-order chi connectivity index (χ0) is 28.0. The number of nitrogens with two attached hydrogens (primary N) is 1. The van der Waals surface area contributed by atoms with Crippen molar-refractivity contribution in [2.24, 2.45) is 16.6 Å². The van der Waals surface area contributed by atoms with Crippen molar-refractivity contribution in [3.05, 3.63) is 64.4 Å². The van der Waals surface area contributed by atoms with Crippen molar-refractivity contribution in [2.45, 2.75) is 31.5 Å². The summed E-state index contributed by atoms with van der Waals surface area (Å²) in [5.41, 5.74) is 4.02. The van der Waals surface area contributed by atoms with E-state index in [2.05, 4.69) is 20.9 Å². The Balaban J connectivity index is 2.45. The highest BCUT2D eigenvalue weighted by Gasteiger charge is 2.43. The van der Waals surface area contributed by atoms with Gasteiger partial charge in [-0.05, 0) is 42.5 Å². The lowest BCUT2D eigenvalue weighted by Gasteiger charge is -2.29. The highest BCUT2D eigenvalue weighted by atomic mass is 35.5. The van der Waals surface area contributed by atoms with Gasteiger partial charge in [-0.2, -0.15) is 26.3 Å². The van der Waals surface area contributed by atoms with Crippen LogP contribution in [0.4, 0.5) is 36.4 Å². The summed E-state index contributed by atoms with van der Waals surface area (Å²) in [5.74, 6) is -3.69. The van der Waals surface area contributed by atoms with Crippen LogP contribution in [0.5, 0.6) is 0 Å². The summed E-state index contributed by atoms with van der Waals surface area (Å²) in [6, 6.07) is 3.90. The summed E-state index contributed by atoms with van der Waals surface area (Å²) in [7, 11) is 0. The molecule has 0 aliphatic heterocycles. The van der Waals surface area contributed by atoms with Crippen molar-refractivity contribution in [2.75, 3.05) is 18.5 Å². The van der Waals surface area contributed by atoms with Crippen molar-refractivity contribution in [3.63, 3.8) is 0 Å². The number of benzene rings is 2. The van der Waals surface area contributed by atoms with Crippen LogP contribution in [0.15, 0.2) is 47.5 Å². The van der Waals surface area contributed by atoms with Gasteiger partial charge in [-0.1, -0.05) is 18.5 Å². The van der Waals surface area contributed by atoms with Crippen LogP contribution in [-0.2, 0) is 6.18 Å². The molecular formula is C22H23ClF7N5O2. The molecule has 204 valence electrons. The molecule has 0 saturated carbocycles. The zero-order valence-corrected chi connectivity index (χ0v) is 19.8.